The number of ether oxygens (including phenoxy) is 1. The largest absolute Gasteiger partial charge is 0.455 e. The Hall–Kier alpha value is -1.57. The Morgan fingerprint density at radius 2 is 2.23 bits per heavy atom. The van der Waals surface area contributed by atoms with Crippen molar-refractivity contribution >= 4 is 6.47 Å². The Labute approximate surface area is 76.8 Å². The van der Waals surface area contributed by atoms with Gasteiger partial charge in [0.25, 0.3) is 6.47 Å². The summed E-state index contributed by atoms with van der Waals surface area (Å²) in [4.78, 5) is 10.2. The molecule has 1 aromatic rings. The number of hydrogen-bond donors (Lipinski definition) is 0. The van der Waals surface area contributed by atoms with Gasteiger partial charge in [0.05, 0.1) is 0 Å². The molecule has 0 N–H and O–H groups in total. The Morgan fingerprint density at radius 1 is 1.38 bits per heavy atom. The van der Waals surface area contributed by atoms with Crippen LogP contribution in [0.25, 0.3) is 0 Å². The minimum Gasteiger partial charge on any atom is -0.455 e. The van der Waals surface area contributed by atoms with E-state index in [9.17, 15) is 4.79 Å². The van der Waals surface area contributed by atoms with E-state index in [0.29, 0.717) is 6.47 Å². The molecule has 2 rings (SSSR count). The maximum atomic E-state index is 10.2. The van der Waals surface area contributed by atoms with Crippen molar-refractivity contribution in [3.63, 3.8) is 0 Å². The van der Waals surface area contributed by atoms with Crippen molar-refractivity contribution in [3.05, 3.63) is 47.5 Å². The zero-order valence-corrected chi connectivity index (χ0v) is 7.14. The molecule has 0 saturated carbocycles. The molecule has 0 aliphatic heterocycles. The quantitative estimate of drug-likeness (QED) is 0.506. The number of carbonyl (C=O) groups excluding carboxylic acids is 1. The normalized spacial score (nSPS) is 19.2. The summed E-state index contributed by atoms with van der Waals surface area (Å²) in [6.45, 7) is 0.497. The molecule has 0 fully saturated rings. The lowest BCUT2D eigenvalue weighted by molar-refractivity contribution is -0.131. The standard InChI is InChI=1S/C11H10O2/c12-8-13-11-7-3-5-9-4-1-2-6-10(9)11/h1-4,6-8,11H,5H2. The summed E-state index contributed by atoms with van der Waals surface area (Å²) in [5.74, 6) is 0. The second-order valence-corrected chi connectivity index (χ2v) is 2.98. The van der Waals surface area contributed by atoms with Crippen LogP contribution in [-0.2, 0) is 16.0 Å². The molecule has 0 heterocycles. The van der Waals surface area contributed by atoms with E-state index >= 15 is 0 Å². The van der Waals surface area contributed by atoms with E-state index < -0.39 is 0 Å². The van der Waals surface area contributed by atoms with Crippen molar-refractivity contribution < 1.29 is 9.53 Å². The van der Waals surface area contributed by atoms with Crippen molar-refractivity contribution in [1.82, 2.24) is 0 Å². The van der Waals surface area contributed by atoms with Gasteiger partial charge in [0.2, 0.25) is 0 Å². The molecule has 0 aromatic heterocycles. The van der Waals surface area contributed by atoms with Crippen LogP contribution in [-0.4, -0.2) is 6.47 Å². The van der Waals surface area contributed by atoms with Gasteiger partial charge in [0.1, 0.15) is 6.10 Å². The van der Waals surface area contributed by atoms with E-state index in [4.69, 9.17) is 4.74 Å². The van der Waals surface area contributed by atoms with Gasteiger partial charge in [-0.15, -0.1) is 0 Å². The molecule has 1 aliphatic carbocycles. The molecule has 0 amide bonds. The highest BCUT2D eigenvalue weighted by Gasteiger charge is 2.15. The fourth-order valence-corrected chi connectivity index (χ4v) is 1.60. The van der Waals surface area contributed by atoms with Gasteiger partial charge in [-0.2, -0.15) is 0 Å². The highest BCUT2D eigenvalue weighted by atomic mass is 16.5. The van der Waals surface area contributed by atoms with Crippen LogP contribution in [0.5, 0.6) is 0 Å². The fraction of sp³-hybridized carbons (Fsp3) is 0.182. The predicted molar refractivity (Wildman–Crippen MR) is 49.2 cm³/mol. The number of benzene rings is 1. The van der Waals surface area contributed by atoms with Crippen molar-refractivity contribution in [1.29, 1.82) is 0 Å². The average Bonchev–Trinajstić information content (AvgIpc) is 2.19. The molecule has 66 valence electrons. The van der Waals surface area contributed by atoms with Gasteiger partial charge in [-0.1, -0.05) is 30.3 Å². The summed E-state index contributed by atoms with van der Waals surface area (Å²) in [6.07, 6.45) is 4.67. The van der Waals surface area contributed by atoms with E-state index in [0.717, 1.165) is 12.0 Å². The highest BCUT2D eigenvalue weighted by Crippen LogP contribution is 2.26. The van der Waals surface area contributed by atoms with Crippen LogP contribution in [0, 0.1) is 0 Å². The third-order valence-corrected chi connectivity index (χ3v) is 2.21. The van der Waals surface area contributed by atoms with Crippen LogP contribution in [0.3, 0.4) is 0 Å². The van der Waals surface area contributed by atoms with Crippen LogP contribution in [0.2, 0.25) is 0 Å². The summed E-state index contributed by atoms with van der Waals surface area (Å²) in [6, 6.07) is 8.00. The van der Waals surface area contributed by atoms with Gasteiger partial charge in [0, 0.05) is 0 Å². The minimum atomic E-state index is -0.192. The third-order valence-electron chi connectivity index (χ3n) is 2.21. The summed E-state index contributed by atoms with van der Waals surface area (Å²) < 4.78 is 4.94. The molecular weight excluding hydrogens is 164 g/mol. The van der Waals surface area contributed by atoms with E-state index in [1.807, 2.05) is 30.4 Å². The first-order valence-electron chi connectivity index (χ1n) is 4.25. The Morgan fingerprint density at radius 3 is 3.08 bits per heavy atom. The maximum absolute atomic E-state index is 10.2. The summed E-state index contributed by atoms with van der Waals surface area (Å²) in [5, 5.41) is 0. The molecular formula is C11H10O2. The number of carbonyl (C=O) groups is 1. The lowest BCUT2D eigenvalue weighted by Gasteiger charge is -2.18. The number of rotatable bonds is 2. The van der Waals surface area contributed by atoms with E-state index in [2.05, 4.69) is 6.07 Å². The Balaban J connectivity index is 2.36. The van der Waals surface area contributed by atoms with E-state index in [1.165, 1.54) is 5.56 Å². The highest BCUT2D eigenvalue weighted by molar-refractivity contribution is 5.43. The first-order chi connectivity index (χ1) is 6.42. The molecule has 1 aliphatic rings. The smallest absolute Gasteiger partial charge is 0.294 e. The van der Waals surface area contributed by atoms with Crippen LogP contribution in [0.4, 0.5) is 0 Å². The monoisotopic (exact) mass is 174 g/mol. The SMILES string of the molecule is O=COC1C=CCc2ccccc21. The maximum Gasteiger partial charge on any atom is 0.294 e. The Bertz CT molecular complexity index is 342. The molecule has 0 radical (unpaired) electrons. The van der Waals surface area contributed by atoms with Crippen LogP contribution in [0.15, 0.2) is 36.4 Å². The first kappa shape index (κ1) is 8.05. The van der Waals surface area contributed by atoms with Gasteiger partial charge in [-0.3, -0.25) is 4.79 Å². The van der Waals surface area contributed by atoms with Crippen molar-refractivity contribution in [2.75, 3.05) is 0 Å². The molecule has 0 saturated heterocycles. The fourth-order valence-electron chi connectivity index (χ4n) is 1.60. The molecule has 0 bridgehead atoms. The molecule has 1 aromatic carbocycles. The third kappa shape index (κ3) is 1.47. The van der Waals surface area contributed by atoms with Gasteiger partial charge in [0.15, 0.2) is 0 Å². The predicted octanol–water partition coefficient (Wildman–Crippen LogP) is 2.01. The zero-order valence-electron chi connectivity index (χ0n) is 7.14. The number of fused-ring (bicyclic) bond motifs is 1. The Kier molecular flexibility index (Phi) is 2.13. The number of allylic oxidation sites excluding steroid dienone is 1. The van der Waals surface area contributed by atoms with Gasteiger partial charge < -0.3 is 4.74 Å². The van der Waals surface area contributed by atoms with Crippen LogP contribution >= 0.6 is 0 Å². The molecule has 1 unspecified atom stereocenters. The van der Waals surface area contributed by atoms with Crippen LogP contribution < -0.4 is 0 Å². The van der Waals surface area contributed by atoms with Gasteiger partial charge in [-0.25, -0.2) is 0 Å². The molecule has 1 atom stereocenters. The topological polar surface area (TPSA) is 26.3 Å². The number of hydrogen-bond acceptors (Lipinski definition) is 2. The summed E-state index contributed by atoms with van der Waals surface area (Å²) in [5.41, 5.74) is 2.33. The minimum absolute atomic E-state index is 0.192. The summed E-state index contributed by atoms with van der Waals surface area (Å²) in [7, 11) is 0. The van der Waals surface area contributed by atoms with Crippen molar-refractivity contribution in [2.45, 2.75) is 12.5 Å². The second-order valence-electron chi connectivity index (χ2n) is 2.98. The average molecular weight is 174 g/mol. The first-order valence-corrected chi connectivity index (χ1v) is 4.25. The van der Waals surface area contributed by atoms with Gasteiger partial charge >= 0.3 is 0 Å². The lowest BCUT2D eigenvalue weighted by Crippen LogP contribution is -2.07. The molecule has 0 spiro atoms. The molecule has 2 nitrogen and oxygen atoms in total. The molecule has 13 heavy (non-hydrogen) atoms. The zero-order chi connectivity index (χ0) is 9.10. The second kappa shape index (κ2) is 3.44. The van der Waals surface area contributed by atoms with E-state index in [-0.39, 0.29) is 6.10 Å². The van der Waals surface area contributed by atoms with Gasteiger partial charge in [-0.05, 0) is 23.6 Å². The van der Waals surface area contributed by atoms with Crippen molar-refractivity contribution in [2.24, 2.45) is 0 Å². The van der Waals surface area contributed by atoms with Crippen LogP contribution in [0.1, 0.15) is 17.2 Å². The van der Waals surface area contributed by atoms with Crippen molar-refractivity contribution in [3.8, 4) is 0 Å². The summed E-state index contributed by atoms with van der Waals surface area (Å²) >= 11 is 0. The molecule has 2 heteroatoms. The van der Waals surface area contributed by atoms with E-state index in [1.54, 1.807) is 0 Å². The lowest BCUT2D eigenvalue weighted by atomic mass is 9.95.